The summed E-state index contributed by atoms with van der Waals surface area (Å²) in [7, 11) is 0. The highest BCUT2D eigenvalue weighted by atomic mass is 32.2. The Morgan fingerprint density at radius 1 is 0.265 bits per heavy atom. The van der Waals surface area contributed by atoms with Crippen LogP contribution in [0.4, 0.5) is 26.3 Å². The number of rotatable bonds is 5. The summed E-state index contributed by atoms with van der Waals surface area (Å²) in [5.74, 6) is 6.77. The SMILES string of the molecule is CC(C)[C@@H]1c2ccc(F)cc2CSc2ccccc21.CC(C)[C@@H]1c2cccc(F)c2CSc2c(F)cccc21.CC(C)[C@H]1c2ccc(F)cc2CSc2ccccc21.Cc1ccc2c(c1)SCc1cc(F)ccc1[C@@H]2C(C)C.Cc1ccc2c(c1)SCc1cc(F)ccc1[C@H]2C(C)C. The first kappa shape index (κ1) is 72.8. The molecule has 0 nitrogen and oxygen atoms in total. The summed E-state index contributed by atoms with van der Waals surface area (Å²) in [6.45, 7) is 26.4. The van der Waals surface area contributed by atoms with Gasteiger partial charge in [-0.1, -0.05) is 178 Å². The second-order valence-electron chi connectivity index (χ2n) is 28.0. The van der Waals surface area contributed by atoms with Gasteiger partial charge < -0.3 is 0 Å². The molecule has 0 unspecified atom stereocenters. The van der Waals surface area contributed by atoms with Crippen LogP contribution in [-0.4, -0.2) is 0 Å². The molecule has 508 valence electrons. The molecule has 10 aromatic carbocycles. The summed E-state index contributed by atoms with van der Waals surface area (Å²) in [5.41, 5.74) is 20.5. The number of fused-ring (bicyclic) bond motifs is 10. The van der Waals surface area contributed by atoms with Gasteiger partial charge in [-0.2, -0.15) is 0 Å². The van der Waals surface area contributed by atoms with Crippen LogP contribution in [0.2, 0.25) is 0 Å². The summed E-state index contributed by atoms with van der Waals surface area (Å²) in [6, 6.07) is 62.0. The zero-order valence-corrected chi connectivity index (χ0v) is 62.2. The van der Waals surface area contributed by atoms with Crippen LogP contribution in [0.25, 0.3) is 0 Å². The van der Waals surface area contributed by atoms with Crippen LogP contribution in [0.5, 0.6) is 0 Å². The lowest BCUT2D eigenvalue weighted by molar-refractivity contribution is 0.534. The van der Waals surface area contributed by atoms with Crippen molar-refractivity contribution in [2.75, 3.05) is 0 Å². The molecule has 0 bridgehead atoms. The Kier molecular flexibility index (Phi) is 24.1. The van der Waals surface area contributed by atoms with E-state index in [-0.39, 0.29) is 46.7 Å². The summed E-state index contributed by atoms with van der Waals surface area (Å²) >= 11 is 8.69. The van der Waals surface area contributed by atoms with E-state index in [1.54, 1.807) is 60.7 Å². The third kappa shape index (κ3) is 16.5. The molecule has 11 heteroatoms. The normalized spacial score (nSPS) is 17.6. The molecule has 0 spiro atoms. The van der Waals surface area contributed by atoms with E-state index in [0.717, 1.165) is 56.4 Å². The van der Waals surface area contributed by atoms with Gasteiger partial charge in [-0.05, 0) is 217 Å². The van der Waals surface area contributed by atoms with Crippen molar-refractivity contribution < 1.29 is 26.3 Å². The molecule has 98 heavy (non-hydrogen) atoms. The monoisotopic (exact) mass is 1410 g/mol. The molecule has 5 heterocycles. The van der Waals surface area contributed by atoms with E-state index in [1.165, 1.54) is 99.1 Å². The molecule has 0 radical (unpaired) electrons. The maximum absolute atomic E-state index is 14.1. The van der Waals surface area contributed by atoms with E-state index in [1.807, 2.05) is 83.4 Å². The fraction of sp³-hybridized carbons (Fsp3) is 0.310. The largest absolute Gasteiger partial charge is 0.207 e. The number of benzene rings is 10. The second-order valence-corrected chi connectivity index (χ2v) is 33.1. The molecule has 10 aromatic rings. The molecule has 5 atom stereocenters. The first-order valence-electron chi connectivity index (χ1n) is 34.3. The number of halogens is 6. The van der Waals surface area contributed by atoms with E-state index in [4.69, 9.17) is 0 Å². The number of hydrogen-bond donors (Lipinski definition) is 0. The van der Waals surface area contributed by atoms with Crippen LogP contribution >= 0.6 is 58.8 Å². The Morgan fingerprint density at radius 3 is 0.929 bits per heavy atom. The van der Waals surface area contributed by atoms with Gasteiger partial charge in [-0.3, -0.25) is 0 Å². The van der Waals surface area contributed by atoms with Gasteiger partial charge in [-0.15, -0.1) is 58.8 Å². The van der Waals surface area contributed by atoms with Crippen molar-refractivity contribution in [2.24, 2.45) is 29.6 Å². The molecule has 0 saturated heterocycles. The standard InChI is InChI=1S/2C18H19FS.C17H16F2S.2C17H17FS/c2*1-11(2)18-15-7-5-14(19)9-13(15)10-20-17-8-12(3)4-6-16(17)18;1-10(2)16-11-5-3-7-14(18)13(11)9-20-17-12(16)6-4-8-15(17)19;2*1-11(2)17-14-8-7-13(18)9-12(14)10-19-16-6-4-3-5-15(16)17/h2*4-9,11,18H,10H2,1-3H3;3-8,10,16H,9H2,1-2H3;2*3-9,11,17H,10H2,1-2H3/t2*18-;16-;2*17-/m10110/s1. The lowest BCUT2D eigenvalue weighted by atomic mass is 9.80. The summed E-state index contributed by atoms with van der Waals surface area (Å²) in [6.07, 6.45) is 0. The molecular weight excluding hydrogens is 1320 g/mol. The molecule has 0 amide bonds. The zero-order chi connectivity index (χ0) is 69.6. The summed E-state index contributed by atoms with van der Waals surface area (Å²) in [5, 5.41) is 0. The second kappa shape index (κ2) is 32.5. The lowest BCUT2D eigenvalue weighted by Crippen LogP contribution is -2.11. The molecule has 15 rings (SSSR count). The van der Waals surface area contributed by atoms with Gasteiger partial charge in [0, 0.05) is 88.4 Å². The maximum atomic E-state index is 14.1. The summed E-state index contributed by atoms with van der Waals surface area (Å²) < 4.78 is 82.2. The minimum absolute atomic E-state index is 0.0430. The molecule has 0 saturated carbocycles. The minimum atomic E-state index is -0.202. The molecule has 0 N–H and O–H groups in total. The topological polar surface area (TPSA) is 0 Å². The van der Waals surface area contributed by atoms with Gasteiger partial charge in [-0.25, -0.2) is 26.3 Å². The van der Waals surface area contributed by atoms with E-state index >= 15 is 0 Å². The van der Waals surface area contributed by atoms with Crippen LogP contribution in [0, 0.1) is 78.3 Å². The predicted octanol–water partition coefficient (Wildman–Crippen LogP) is 26.9. The van der Waals surface area contributed by atoms with Crippen molar-refractivity contribution in [3.63, 3.8) is 0 Å². The van der Waals surface area contributed by atoms with Gasteiger partial charge in [0.1, 0.15) is 34.9 Å². The van der Waals surface area contributed by atoms with Crippen molar-refractivity contribution in [1.82, 2.24) is 0 Å². The van der Waals surface area contributed by atoms with Gasteiger partial charge in [0.2, 0.25) is 0 Å². The van der Waals surface area contributed by atoms with E-state index in [0.29, 0.717) is 63.6 Å². The lowest BCUT2D eigenvalue weighted by Gasteiger charge is -2.24. The summed E-state index contributed by atoms with van der Waals surface area (Å²) in [4.78, 5) is 6.03. The Hall–Kier alpha value is -6.47. The van der Waals surface area contributed by atoms with Gasteiger partial charge >= 0.3 is 0 Å². The Morgan fingerprint density at radius 2 is 0.561 bits per heavy atom. The van der Waals surface area contributed by atoms with E-state index < -0.39 is 0 Å². The van der Waals surface area contributed by atoms with Crippen LogP contribution in [-0.2, 0) is 28.8 Å². The first-order chi connectivity index (χ1) is 47.0. The quantitative estimate of drug-likeness (QED) is 0.157. The predicted molar refractivity (Wildman–Crippen MR) is 405 cm³/mol. The zero-order valence-electron chi connectivity index (χ0n) is 58.1. The minimum Gasteiger partial charge on any atom is -0.207 e. The molecule has 5 aliphatic rings. The van der Waals surface area contributed by atoms with Crippen molar-refractivity contribution in [3.05, 3.63) is 324 Å². The Bertz CT molecular complexity index is 4070. The number of hydrogen-bond acceptors (Lipinski definition) is 5. The third-order valence-electron chi connectivity index (χ3n) is 19.3. The highest BCUT2D eigenvalue weighted by molar-refractivity contribution is 7.99. The van der Waals surface area contributed by atoms with Gasteiger partial charge in [0.05, 0.1) is 0 Å². The van der Waals surface area contributed by atoms with Gasteiger partial charge in [0.15, 0.2) is 0 Å². The highest BCUT2D eigenvalue weighted by Crippen LogP contribution is 2.50. The molecule has 5 aliphatic heterocycles. The smallest absolute Gasteiger partial charge is 0.137 e. The van der Waals surface area contributed by atoms with Crippen LogP contribution in [0.3, 0.4) is 0 Å². The highest BCUT2D eigenvalue weighted by Gasteiger charge is 2.33. The van der Waals surface area contributed by atoms with Gasteiger partial charge in [0.25, 0.3) is 0 Å². The average Bonchev–Trinajstić information content (AvgIpc) is 1.59. The molecule has 0 fully saturated rings. The number of thioether (sulfide) groups is 5. The fourth-order valence-corrected chi connectivity index (χ4v) is 20.7. The molecular formula is C87H88F6S5. The van der Waals surface area contributed by atoms with Crippen LogP contribution < -0.4 is 0 Å². The van der Waals surface area contributed by atoms with Crippen molar-refractivity contribution >= 4 is 58.8 Å². The Balaban J connectivity index is 0.000000124. The van der Waals surface area contributed by atoms with Crippen molar-refractivity contribution in [1.29, 1.82) is 0 Å². The van der Waals surface area contributed by atoms with E-state index in [9.17, 15) is 26.3 Å². The fourth-order valence-electron chi connectivity index (χ4n) is 14.9. The third-order valence-corrected chi connectivity index (χ3v) is 25.0. The molecule has 0 aromatic heterocycles. The van der Waals surface area contributed by atoms with Crippen LogP contribution in [0.1, 0.15) is 193 Å². The van der Waals surface area contributed by atoms with E-state index in [2.05, 4.69) is 168 Å². The van der Waals surface area contributed by atoms with Crippen LogP contribution in [0.15, 0.2) is 219 Å². The number of aryl methyl sites for hydroxylation is 2. The average molecular weight is 1410 g/mol. The molecule has 0 aliphatic carbocycles. The maximum Gasteiger partial charge on any atom is 0.137 e. The Labute approximate surface area is 599 Å². The van der Waals surface area contributed by atoms with Crippen molar-refractivity contribution in [3.8, 4) is 0 Å². The van der Waals surface area contributed by atoms with Crippen molar-refractivity contribution in [2.45, 2.75) is 166 Å². The first-order valence-corrected chi connectivity index (χ1v) is 39.2.